The van der Waals surface area contributed by atoms with Crippen molar-refractivity contribution in [2.75, 3.05) is 5.32 Å². The number of carbonyl (C=O) groups is 1. The van der Waals surface area contributed by atoms with Gasteiger partial charge < -0.3 is 10.6 Å². The average Bonchev–Trinajstić information content (AvgIpc) is 2.64. The van der Waals surface area contributed by atoms with Gasteiger partial charge in [-0.3, -0.25) is 9.78 Å². The maximum atomic E-state index is 12.1. The first-order valence-electron chi connectivity index (χ1n) is 7.48. The first-order chi connectivity index (χ1) is 12.1. The lowest BCUT2D eigenvalue weighted by molar-refractivity contribution is 0.0950. The molecule has 0 saturated heterocycles. The number of amides is 1. The lowest BCUT2D eigenvalue weighted by atomic mass is 10.2. The van der Waals surface area contributed by atoms with Crippen LogP contribution < -0.4 is 10.6 Å². The van der Waals surface area contributed by atoms with Crippen molar-refractivity contribution in [1.82, 2.24) is 15.3 Å². The highest BCUT2D eigenvalue weighted by Gasteiger charge is 2.07. The van der Waals surface area contributed by atoms with Crippen LogP contribution >= 0.6 is 23.2 Å². The summed E-state index contributed by atoms with van der Waals surface area (Å²) >= 11 is 11.9. The second kappa shape index (κ2) is 7.96. The molecule has 0 unspecified atom stereocenters. The number of anilines is 2. The molecule has 1 aromatic carbocycles. The summed E-state index contributed by atoms with van der Waals surface area (Å²) in [5.41, 5.74) is 2.02. The van der Waals surface area contributed by atoms with E-state index in [0.717, 1.165) is 11.4 Å². The normalized spacial score (nSPS) is 10.3. The molecule has 0 aliphatic rings. The van der Waals surface area contributed by atoms with E-state index in [1.54, 1.807) is 36.5 Å². The van der Waals surface area contributed by atoms with Gasteiger partial charge in [-0.15, -0.1) is 0 Å². The van der Waals surface area contributed by atoms with Crippen LogP contribution in [0, 0.1) is 0 Å². The average molecular weight is 373 g/mol. The van der Waals surface area contributed by atoms with Gasteiger partial charge in [0.1, 0.15) is 5.82 Å². The van der Waals surface area contributed by atoms with Gasteiger partial charge in [-0.05, 0) is 42.5 Å². The quantitative estimate of drug-likeness (QED) is 0.693. The van der Waals surface area contributed by atoms with E-state index in [1.807, 2.05) is 18.2 Å². The van der Waals surface area contributed by atoms with Crippen LogP contribution in [-0.2, 0) is 6.54 Å². The molecule has 0 aliphatic carbocycles. The fraction of sp³-hybridized carbons (Fsp3) is 0.0556. The highest BCUT2D eigenvalue weighted by atomic mass is 35.5. The number of nitrogens with one attached hydrogen (secondary N) is 2. The molecule has 0 fully saturated rings. The largest absolute Gasteiger partial charge is 0.346 e. The van der Waals surface area contributed by atoms with Gasteiger partial charge in [-0.25, -0.2) is 4.98 Å². The Kier molecular flexibility index (Phi) is 5.48. The predicted molar refractivity (Wildman–Crippen MR) is 99.4 cm³/mol. The fourth-order valence-corrected chi connectivity index (χ4v) is 2.40. The van der Waals surface area contributed by atoms with E-state index < -0.39 is 0 Å². The Morgan fingerprint density at radius 1 is 1.00 bits per heavy atom. The van der Waals surface area contributed by atoms with Crippen LogP contribution in [0.4, 0.5) is 11.5 Å². The fourth-order valence-electron chi connectivity index (χ4n) is 2.10. The maximum Gasteiger partial charge on any atom is 0.253 e. The minimum absolute atomic E-state index is 0.209. The van der Waals surface area contributed by atoms with Gasteiger partial charge >= 0.3 is 0 Å². The summed E-state index contributed by atoms with van der Waals surface area (Å²) in [6.45, 7) is 0.364. The van der Waals surface area contributed by atoms with Crippen LogP contribution in [0.25, 0.3) is 0 Å². The number of rotatable bonds is 5. The maximum absolute atomic E-state index is 12.1. The van der Waals surface area contributed by atoms with E-state index in [2.05, 4.69) is 20.6 Å². The van der Waals surface area contributed by atoms with Gasteiger partial charge in [-0.1, -0.05) is 29.3 Å². The molecule has 0 spiro atoms. The monoisotopic (exact) mass is 372 g/mol. The van der Waals surface area contributed by atoms with Crippen LogP contribution in [0.3, 0.4) is 0 Å². The van der Waals surface area contributed by atoms with Crippen molar-refractivity contribution < 1.29 is 4.79 Å². The Morgan fingerprint density at radius 2 is 1.88 bits per heavy atom. The number of hydrogen-bond acceptors (Lipinski definition) is 4. The minimum atomic E-state index is -0.209. The Morgan fingerprint density at radius 3 is 2.56 bits per heavy atom. The third-order valence-electron chi connectivity index (χ3n) is 3.37. The lowest BCUT2D eigenvalue weighted by Crippen LogP contribution is -2.23. The molecule has 7 heteroatoms. The Balaban J connectivity index is 1.61. The van der Waals surface area contributed by atoms with Crippen molar-refractivity contribution in [3.8, 4) is 0 Å². The Labute approximate surface area is 155 Å². The van der Waals surface area contributed by atoms with E-state index in [-0.39, 0.29) is 5.91 Å². The molecule has 0 saturated carbocycles. The summed E-state index contributed by atoms with van der Waals surface area (Å²) in [5.74, 6) is 0.388. The zero-order valence-corrected chi connectivity index (χ0v) is 14.6. The van der Waals surface area contributed by atoms with Gasteiger partial charge in [-0.2, -0.15) is 0 Å². The molecule has 3 aromatic rings. The summed E-state index contributed by atoms with van der Waals surface area (Å²) in [7, 11) is 0. The molecule has 5 nitrogen and oxygen atoms in total. The van der Waals surface area contributed by atoms with Crippen LogP contribution in [0.2, 0.25) is 10.0 Å². The lowest BCUT2D eigenvalue weighted by Gasteiger charge is -2.08. The van der Waals surface area contributed by atoms with Crippen molar-refractivity contribution in [3.05, 3.63) is 82.2 Å². The Hall–Kier alpha value is -2.63. The summed E-state index contributed by atoms with van der Waals surface area (Å²) in [6.07, 6.45) is 3.19. The number of pyridine rings is 2. The molecule has 2 aromatic heterocycles. The van der Waals surface area contributed by atoms with Crippen molar-refractivity contribution in [1.29, 1.82) is 0 Å². The van der Waals surface area contributed by atoms with Crippen LogP contribution in [-0.4, -0.2) is 15.9 Å². The molecule has 2 heterocycles. The molecule has 2 N–H and O–H groups in total. The van der Waals surface area contributed by atoms with Gasteiger partial charge in [0.25, 0.3) is 5.91 Å². The minimum Gasteiger partial charge on any atom is -0.346 e. The second-order valence-corrected chi connectivity index (χ2v) is 6.00. The van der Waals surface area contributed by atoms with E-state index in [1.165, 1.54) is 6.20 Å². The highest BCUT2D eigenvalue weighted by molar-refractivity contribution is 6.42. The van der Waals surface area contributed by atoms with E-state index >= 15 is 0 Å². The molecular weight excluding hydrogens is 359 g/mol. The van der Waals surface area contributed by atoms with Crippen molar-refractivity contribution in [2.45, 2.75) is 6.54 Å². The summed E-state index contributed by atoms with van der Waals surface area (Å²) in [5, 5.41) is 6.85. The second-order valence-electron chi connectivity index (χ2n) is 5.19. The number of aromatic nitrogens is 2. The van der Waals surface area contributed by atoms with Crippen molar-refractivity contribution in [3.63, 3.8) is 0 Å². The number of hydrogen-bond donors (Lipinski definition) is 2. The van der Waals surface area contributed by atoms with Gasteiger partial charge in [0.15, 0.2) is 0 Å². The standard InChI is InChI=1S/C18H14Cl2N4O/c19-15-6-5-13(9-16(15)20)24-17-7-4-12(10-22-17)18(25)23-11-14-3-1-2-8-21-14/h1-10H,11H2,(H,22,24)(H,23,25). The van der Waals surface area contributed by atoms with Gasteiger partial charge in [0, 0.05) is 18.1 Å². The Bertz CT molecular complexity index is 870. The molecule has 3 rings (SSSR count). The van der Waals surface area contributed by atoms with Crippen LogP contribution in [0.5, 0.6) is 0 Å². The molecule has 0 atom stereocenters. The third kappa shape index (κ3) is 4.68. The van der Waals surface area contributed by atoms with Crippen LogP contribution in [0.15, 0.2) is 60.9 Å². The van der Waals surface area contributed by atoms with Crippen molar-refractivity contribution >= 4 is 40.6 Å². The number of carbonyl (C=O) groups excluding carboxylic acids is 1. The van der Waals surface area contributed by atoms with E-state index in [0.29, 0.717) is 28.0 Å². The number of nitrogens with zero attached hydrogens (tertiary/aromatic N) is 2. The summed E-state index contributed by atoms with van der Waals surface area (Å²) in [6, 6.07) is 14.2. The third-order valence-corrected chi connectivity index (χ3v) is 4.11. The molecule has 126 valence electrons. The first-order valence-corrected chi connectivity index (χ1v) is 8.23. The molecule has 0 radical (unpaired) electrons. The summed E-state index contributed by atoms with van der Waals surface area (Å²) in [4.78, 5) is 20.5. The van der Waals surface area contributed by atoms with Gasteiger partial charge in [0.05, 0.1) is 27.8 Å². The molecule has 0 aliphatic heterocycles. The molecule has 0 bridgehead atoms. The number of benzene rings is 1. The topological polar surface area (TPSA) is 66.9 Å². The molecule has 1 amide bonds. The first kappa shape index (κ1) is 17.2. The van der Waals surface area contributed by atoms with Crippen molar-refractivity contribution in [2.24, 2.45) is 0 Å². The van der Waals surface area contributed by atoms with E-state index in [9.17, 15) is 4.79 Å². The zero-order chi connectivity index (χ0) is 17.6. The van der Waals surface area contributed by atoms with E-state index in [4.69, 9.17) is 23.2 Å². The molecule has 25 heavy (non-hydrogen) atoms. The van der Waals surface area contributed by atoms with Crippen LogP contribution in [0.1, 0.15) is 16.1 Å². The summed E-state index contributed by atoms with van der Waals surface area (Å²) < 4.78 is 0. The SMILES string of the molecule is O=C(NCc1ccccn1)c1ccc(Nc2ccc(Cl)c(Cl)c2)nc1. The highest BCUT2D eigenvalue weighted by Crippen LogP contribution is 2.26. The molecular formula is C18H14Cl2N4O. The predicted octanol–water partition coefficient (Wildman–Crippen LogP) is 4.46. The zero-order valence-electron chi connectivity index (χ0n) is 13.0. The smallest absolute Gasteiger partial charge is 0.253 e. The number of halogens is 2. The van der Waals surface area contributed by atoms with Gasteiger partial charge in [0.2, 0.25) is 0 Å².